The number of halogens is 2. The average Bonchev–Trinajstić information content (AvgIpc) is 3.06. The maximum absolute atomic E-state index is 11.1. The fourth-order valence-electron chi connectivity index (χ4n) is 2.07. The highest BCUT2D eigenvalue weighted by atomic mass is 35.5. The largest absolute Gasteiger partial charge is 0.490 e. The minimum atomic E-state index is -0.485. The van der Waals surface area contributed by atoms with Crippen LogP contribution in [0.2, 0.25) is 10.0 Å². The molecule has 3 rings (SSSR count). The molecule has 25 heavy (non-hydrogen) atoms. The number of tetrazole rings is 1. The molecule has 128 valence electrons. The maximum atomic E-state index is 11.1. The Morgan fingerprint density at radius 2 is 1.92 bits per heavy atom. The molecule has 1 heterocycles. The number of benzene rings is 2. The summed E-state index contributed by atoms with van der Waals surface area (Å²) in [6, 6.07) is 11.7. The molecule has 0 spiro atoms. The average molecular weight is 378 g/mol. The highest BCUT2D eigenvalue weighted by molar-refractivity contribution is 6.35. The SMILES string of the molecule is NC(=O)c1ccc(-c2nnn(CCOc3ccc(Cl)cc3Cl)n2)cc1. The predicted octanol–water partition coefficient (Wildman–Crippen LogP) is 2.82. The van der Waals surface area contributed by atoms with Crippen molar-refractivity contribution in [3.8, 4) is 17.1 Å². The molecule has 0 saturated heterocycles. The molecule has 2 N–H and O–H groups in total. The van der Waals surface area contributed by atoms with Gasteiger partial charge >= 0.3 is 0 Å². The van der Waals surface area contributed by atoms with Crippen molar-refractivity contribution in [1.29, 1.82) is 0 Å². The van der Waals surface area contributed by atoms with E-state index < -0.39 is 5.91 Å². The van der Waals surface area contributed by atoms with Crippen LogP contribution in [-0.4, -0.2) is 32.7 Å². The summed E-state index contributed by atoms with van der Waals surface area (Å²) >= 11 is 11.9. The number of aromatic nitrogens is 4. The van der Waals surface area contributed by atoms with Crippen molar-refractivity contribution in [2.24, 2.45) is 5.73 Å². The predicted molar refractivity (Wildman–Crippen MR) is 93.7 cm³/mol. The number of nitrogens with two attached hydrogens (primary N) is 1. The Bertz CT molecular complexity index is 896. The van der Waals surface area contributed by atoms with E-state index in [9.17, 15) is 4.79 Å². The summed E-state index contributed by atoms with van der Waals surface area (Å²) in [5.41, 5.74) is 6.37. The number of hydrogen-bond acceptors (Lipinski definition) is 5. The van der Waals surface area contributed by atoms with Crippen molar-refractivity contribution >= 4 is 29.1 Å². The van der Waals surface area contributed by atoms with Crippen LogP contribution in [0.1, 0.15) is 10.4 Å². The normalized spacial score (nSPS) is 10.6. The van der Waals surface area contributed by atoms with Gasteiger partial charge < -0.3 is 10.5 Å². The van der Waals surface area contributed by atoms with Crippen molar-refractivity contribution in [3.05, 3.63) is 58.1 Å². The van der Waals surface area contributed by atoms with Crippen LogP contribution >= 0.6 is 23.2 Å². The number of ether oxygens (including phenoxy) is 1. The lowest BCUT2D eigenvalue weighted by Gasteiger charge is -2.07. The lowest BCUT2D eigenvalue weighted by atomic mass is 10.1. The van der Waals surface area contributed by atoms with Gasteiger partial charge in [-0.2, -0.15) is 4.80 Å². The zero-order chi connectivity index (χ0) is 17.8. The molecule has 7 nitrogen and oxygen atoms in total. The smallest absolute Gasteiger partial charge is 0.248 e. The van der Waals surface area contributed by atoms with Crippen LogP contribution in [0.5, 0.6) is 5.75 Å². The molecular weight excluding hydrogens is 365 g/mol. The van der Waals surface area contributed by atoms with E-state index in [1.807, 2.05) is 0 Å². The lowest BCUT2D eigenvalue weighted by Crippen LogP contribution is -2.11. The summed E-state index contributed by atoms with van der Waals surface area (Å²) in [5.74, 6) is 0.496. The van der Waals surface area contributed by atoms with E-state index in [4.69, 9.17) is 33.7 Å². The maximum Gasteiger partial charge on any atom is 0.248 e. The van der Waals surface area contributed by atoms with Crippen molar-refractivity contribution in [3.63, 3.8) is 0 Å². The Balaban J connectivity index is 1.60. The van der Waals surface area contributed by atoms with Crippen LogP contribution in [0.3, 0.4) is 0 Å². The first kappa shape index (κ1) is 17.2. The van der Waals surface area contributed by atoms with E-state index in [1.165, 1.54) is 4.80 Å². The Hall–Kier alpha value is -2.64. The minimum Gasteiger partial charge on any atom is -0.490 e. The molecule has 0 saturated carbocycles. The monoisotopic (exact) mass is 377 g/mol. The van der Waals surface area contributed by atoms with Crippen LogP contribution in [0.25, 0.3) is 11.4 Å². The second-order valence-electron chi connectivity index (χ2n) is 5.07. The molecule has 0 aliphatic rings. The van der Waals surface area contributed by atoms with E-state index in [0.717, 1.165) is 5.56 Å². The molecule has 0 aliphatic heterocycles. The Morgan fingerprint density at radius 1 is 1.16 bits per heavy atom. The summed E-state index contributed by atoms with van der Waals surface area (Å²) in [7, 11) is 0. The van der Waals surface area contributed by atoms with Gasteiger partial charge in [-0.15, -0.1) is 10.2 Å². The first-order chi connectivity index (χ1) is 12.0. The Kier molecular flexibility index (Phi) is 5.16. The van der Waals surface area contributed by atoms with Crippen molar-refractivity contribution in [2.75, 3.05) is 6.61 Å². The summed E-state index contributed by atoms with van der Waals surface area (Å²) in [6.45, 7) is 0.711. The van der Waals surface area contributed by atoms with E-state index in [-0.39, 0.29) is 0 Å². The van der Waals surface area contributed by atoms with Crippen LogP contribution in [0.15, 0.2) is 42.5 Å². The fourth-order valence-corrected chi connectivity index (χ4v) is 2.53. The van der Waals surface area contributed by atoms with Crippen molar-refractivity contribution in [1.82, 2.24) is 20.2 Å². The summed E-state index contributed by atoms with van der Waals surface area (Å²) in [5, 5.41) is 13.2. The van der Waals surface area contributed by atoms with Gasteiger partial charge in [0.1, 0.15) is 12.4 Å². The number of carbonyl (C=O) groups is 1. The number of amides is 1. The third-order valence-electron chi connectivity index (χ3n) is 3.32. The highest BCUT2D eigenvalue weighted by Gasteiger charge is 2.08. The molecule has 1 amide bonds. The zero-order valence-corrected chi connectivity index (χ0v) is 14.4. The minimum absolute atomic E-state index is 0.317. The van der Waals surface area contributed by atoms with Gasteiger partial charge in [-0.1, -0.05) is 35.3 Å². The van der Waals surface area contributed by atoms with Crippen LogP contribution in [0, 0.1) is 0 Å². The molecule has 0 bridgehead atoms. The van der Waals surface area contributed by atoms with Crippen LogP contribution in [-0.2, 0) is 6.54 Å². The Morgan fingerprint density at radius 3 is 2.60 bits per heavy atom. The van der Waals surface area contributed by atoms with E-state index in [2.05, 4.69) is 15.4 Å². The van der Waals surface area contributed by atoms with Gasteiger partial charge in [0.25, 0.3) is 0 Å². The van der Waals surface area contributed by atoms with Crippen molar-refractivity contribution < 1.29 is 9.53 Å². The number of hydrogen-bond donors (Lipinski definition) is 1. The van der Waals surface area contributed by atoms with Gasteiger partial charge in [0.15, 0.2) is 0 Å². The number of rotatable bonds is 6. The quantitative estimate of drug-likeness (QED) is 0.712. The highest BCUT2D eigenvalue weighted by Crippen LogP contribution is 2.27. The molecule has 9 heteroatoms. The van der Waals surface area contributed by atoms with Crippen LogP contribution < -0.4 is 10.5 Å². The molecule has 3 aromatic rings. The molecule has 0 fully saturated rings. The summed E-state index contributed by atoms with van der Waals surface area (Å²) in [6.07, 6.45) is 0. The fraction of sp³-hybridized carbons (Fsp3) is 0.125. The number of carbonyl (C=O) groups excluding carboxylic acids is 1. The van der Waals surface area contributed by atoms with Gasteiger partial charge in [0.2, 0.25) is 11.7 Å². The molecule has 0 unspecified atom stereocenters. The van der Waals surface area contributed by atoms with Gasteiger partial charge in [-0.3, -0.25) is 4.79 Å². The summed E-state index contributed by atoms with van der Waals surface area (Å²) < 4.78 is 5.58. The van der Waals surface area contributed by atoms with E-state index in [0.29, 0.717) is 40.3 Å². The lowest BCUT2D eigenvalue weighted by molar-refractivity contribution is 0.100. The second-order valence-corrected chi connectivity index (χ2v) is 5.92. The van der Waals surface area contributed by atoms with Crippen LogP contribution in [0.4, 0.5) is 0 Å². The topological polar surface area (TPSA) is 95.9 Å². The van der Waals surface area contributed by atoms with Gasteiger partial charge in [-0.25, -0.2) is 0 Å². The van der Waals surface area contributed by atoms with Crippen molar-refractivity contribution in [2.45, 2.75) is 6.54 Å². The Labute approximate surface area is 153 Å². The standard InChI is InChI=1S/C16H13Cl2N5O2/c17-12-5-6-14(13(18)9-12)25-8-7-23-21-16(20-22-23)11-3-1-10(2-4-11)15(19)24/h1-6,9H,7-8H2,(H2,19,24). The third kappa shape index (κ3) is 4.26. The molecule has 0 radical (unpaired) electrons. The zero-order valence-electron chi connectivity index (χ0n) is 12.9. The number of nitrogens with zero attached hydrogens (tertiary/aromatic N) is 4. The molecule has 1 aromatic heterocycles. The van der Waals surface area contributed by atoms with Gasteiger partial charge in [-0.05, 0) is 35.5 Å². The second kappa shape index (κ2) is 7.50. The van der Waals surface area contributed by atoms with Gasteiger partial charge in [0.05, 0.1) is 11.6 Å². The summed E-state index contributed by atoms with van der Waals surface area (Å²) in [4.78, 5) is 12.5. The van der Waals surface area contributed by atoms with E-state index >= 15 is 0 Å². The molecular formula is C16H13Cl2N5O2. The van der Waals surface area contributed by atoms with Gasteiger partial charge in [0, 0.05) is 16.1 Å². The molecule has 0 aliphatic carbocycles. The first-order valence-corrected chi connectivity index (χ1v) is 8.04. The number of primary amides is 1. The van der Waals surface area contributed by atoms with E-state index in [1.54, 1.807) is 42.5 Å². The first-order valence-electron chi connectivity index (χ1n) is 7.29. The third-order valence-corrected chi connectivity index (χ3v) is 3.85. The molecule has 0 atom stereocenters. The molecule has 2 aromatic carbocycles.